The molecule has 0 bridgehead atoms. The number of anilines is 1. The Bertz CT molecular complexity index is 1550. The molecule has 5 heterocycles. The van der Waals surface area contributed by atoms with E-state index in [1.54, 1.807) is 6.20 Å². The Balaban J connectivity index is 1.41. The maximum atomic E-state index is 16.5. The van der Waals surface area contributed by atoms with Crippen LogP contribution in [0.4, 0.5) is 14.6 Å². The summed E-state index contributed by atoms with van der Waals surface area (Å²) in [6.07, 6.45) is 7.56. The minimum absolute atomic E-state index is 0.00176. The van der Waals surface area contributed by atoms with Gasteiger partial charge in [-0.2, -0.15) is 0 Å². The molecular weight excluding hydrogens is 510 g/mol. The van der Waals surface area contributed by atoms with Crippen LogP contribution in [0.5, 0.6) is 5.75 Å². The van der Waals surface area contributed by atoms with Gasteiger partial charge in [0.1, 0.15) is 28.6 Å². The number of halogens is 2. The van der Waals surface area contributed by atoms with Gasteiger partial charge in [0.05, 0.1) is 10.9 Å². The number of nitrogens with zero attached hydrogens (tertiary/aromatic N) is 5. The second-order valence-electron chi connectivity index (χ2n) is 12.0. The first-order chi connectivity index (χ1) is 19.3. The predicted molar refractivity (Wildman–Crippen MR) is 150 cm³/mol. The van der Waals surface area contributed by atoms with Crippen molar-refractivity contribution >= 4 is 16.7 Å². The van der Waals surface area contributed by atoms with E-state index in [2.05, 4.69) is 50.8 Å². The van der Waals surface area contributed by atoms with E-state index in [0.717, 1.165) is 64.2 Å². The number of nitrogens with one attached hydrogen (secondary N) is 1. The highest BCUT2D eigenvalue weighted by atomic mass is 19.1. The summed E-state index contributed by atoms with van der Waals surface area (Å²) in [6.45, 7) is 7.81. The molecule has 4 fully saturated rings. The van der Waals surface area contributed by atoms with Crippen LogP contribution in [0.3, 0.4) is 0 Å². The number of aromatic hydroxyl groups is 1. The predicted octanol–water partition coefficient (Wildman–Crippen LogP) is 4.72. The fourth-order valence-corrected chi connectivity index (χ4v) is 6.89. The Morgan fingerprint density at radius 2 is 1.88 bits per heavy atom. The van der Waals surface area contributed by atoms with E-state index in [4.69, 9.17) is 4.98 Å². The summed E-state index contributed by atoms with van der Waals surface area (Å²) >= 11 is 0. The van der Waals surface area contributed by atoms with E-state index >= 15 is 4.39 Å². The second-order valence-corrected chi connectivity index (χ2v) is 12.0. The number of aromatic nitrogens is 3. The molecule has 1 aliphatic carbocycles. The average Bonchev–Trinajstić information content (AvgIpc) is 3.56. The molecule has 9 heteroatoms. The minimum atomic E-state index is -0.645. The molecule has 0 amide bonds. The zero-order valence-corrected chi connectivity index (χ0v) is 23.0. The summed E-state index contributed by atoms with van der Waals surface area (Å²) in [4.78, 5) is 18.7. The topological polar surface area (TPSA) is 77.4 Å². The van der Waals surface area contributed by atoms with Gasteiger partial charge in [0.15, 0.2) is 5.82 Å². The molecular formula is C31H34F2N6O. The number of hydrogen-bond donors (Lipinski definition) is 2. The monoisotopic (exact) mass is 544 g/mol. The van der Waals surface area contributed by atoms with Crippen molar-refractivity contribution < 1.29 is 13.9 Å². The maximum Gasteiger partial charge on any atom is 0.207 e. The largest absolute Gasteiger partial charge is 0.508 e. The molecule has 1 aromatic carbocycles. The van der Waals surface area contributed by atoms with Gasteiger partial charge in [-0.15, -0.1) is 0 Å². The van der Waals surface area contributed by atoms with Crippen LogP contribution in [-0.4, -0.2) is 68.8 Å². The standard InChI is InChI=1S/C31H34F2N6O/c1-18-17-39(19(2)15-34-18)30-23-16-35-28(22-13-21(40)14-24(32)26(22)20-5-6-20)27(33)29(23)36-25(37-30)7-10-31-8-3-11-38(31)12-4-9-31/h13-14,16,18-20,34,40H,3-6,8-9,11-12,15,17H2,1-2H3/t18-,19-/m0/s1. The van der Waals surface area contributed by atoms with Crippen molar-refractivity contribution in [2.45, 2.75) is 75.9 Å². The lowest BCUT2D eigenvalue weighted by Crippen LogP contribution is -2.54. The van der Waals surface area contributed by atoms with Crippen LogP contribution in [0.2, 0.25) is 0 Å². The lowest BCUT2D eigenvalue weighted by Gasteiger charge is -2.38. The first kappa shape index (κ1) is 25.6. The summed E-state index contributed by atoms with van der Waals surface area (Å²) in [5, 5.41) is 14.2. The molecule has 2 aromatic heterocycles. The van der Waals surface area contributed by atoms with Crippen molar-refractivity contribution in [2.75, 3.05) is 31.1 Å². The van der Waals surface area contributed by atoms with Crippen LogP contribution in [0, 0.1) is 23.5 Å². The Kier molecular flexibility index (Phi) is 6.17. The molecule has 0 radical (unpaired) electrons. The number of pyridine rings is 1. The van der Waals surface area contributed by atoms with Crippen molar-refractivity contribution in [2.24, 2.45) is 0 Å². The van der Waals surface area contributed by atoms with Crippen molar-refractivity contribution in [3.8, 4) is 28.8 Å². The van der Waals surface area contributed by atoms with E-state index in [1.165, 1.54) is 6.07 Å². The van der Waals surface area contributed by atoms with Crippen molar-refractivity contribution in [1.29, 1.82) is 0 Å². The second kappa shape index (κ2) is 9.64. The molecule has 40 heavy (non-hydrogen) atoms. The molecule has 7 nitrogen and oxygen atoms in total. The first-order valence-corrected chi connectivity index (χ1v) is 14.5. The molecule has 208 valence electrons. The molecule has 0 unspecified atom stereocenters. The summed E-state index contributed by atoms with van der Waals surface area (Å²) in [5.41, 5.74) is 0.656. The van der Waals surface area contributed by atoms with Crippen molar-refractivity contribution in [3.63, 3.8) is 0 Å². The summed E-state index contributed by atoms with van der Waals surface area (Å²) in [5.74, 6) is 6.21. The number of fused-ring (bicyclic) bond motifs is 2. The lowest BCUT2D eigenvalue weighted by molar-refractivity contribution is 0.261. The van der Waals surface area contributed by atoms with Gasteiger partial charge in [-0.3, -0.25) is 9.88 Å². The van der Waals surface area contributed by atoms with Gasteiger partial charge in [-0.05, 0) is 83.4 Å². The Morgan fingerprint density at radius 1 is 1.10 bits per heavy atom. The van der Waals surface area contributed by atoms with Crippen molar-refractivity contribution in [1.82, 2.24) is 25.2 Å². The Labute approximate surface area is 233 Å². The molecule has 1 saturated carbocycles. The first-order valence-electron chi connectivity index (χ1n) is 14.5. The van der Waals surface area contributed by atoms with Gasteiger partial charge in [-0.25, -0.2) is 18.7 Å². The molecule has 4 aliphatic rings. The van der Waals surface area contributed by atoms with Gasteiger partial charge < -0.3 is 15.3 Å². The quantitative estimate of drug-likeness (QED) is 0.462. The number of benzene rings is 1. The van der Waals surface area contributed by atoms with Gasteiger partial charge in [0.2, 0.25) is 5.82 Å². The zero-order chi connectivity index (χ0) is 27.6. The van der Waals surface area contributed by atoms with Crippen LogP contribution < -0.4 is 10.2 Å². The highest BCUT2D eigenvalue weighted by Gasteiger charge is 2.43. The minimum Gasteiger partial charge on any atom is -0.508 e. The van der Waals surface area contributed by atoms with Crippen LogP contribution in [-0.2, 0) is 0 Å². The summed E-state index contributed by atoms with van der Waals surface area (Å²) < 4.78 is 31.5. The number of rotatable bonds is 3. The highest BCUT2D eigenvalue weighted by Crippen LogP contribution is 2.47. The van der Waals surface area contributed by atoms with Crippen LogP contribution in [0.25, 0.3) is 22.2 Å². The molecule has 3 saturated heterocycles. The lowest BCUT2D eigenvalue weighted by atomic mass is 9.95. The van der Waals surface area contributed by atoms with E-state index in [9.17, 15) is 9.50 Å². The van der Waals surface area contributed by atoms with Crippen LogP contribution >= 0.6 is 0 Å². The van der Waals surface area contributed by atoms with Crippen LogP contribution in [0.1, 0.15) is 69.7 Å². The van der Waals surface area contributed by atoms with E-state index in [0.29, 0.717) is 23.3 Å². The SMILES string of the molecule is C[C@H]1CN(c2nc(C#CC34CCCN3CCC4)nc3c(F)c(-c4cc(O)cc(F)c4C4CC4)ncc23)[C@@H](C)CN1. The smallest absolute Gasteiger partial charge is 0.207 e. The van der Waals surface area contributed by atoms with E-state index in [1.807, 2.05) is 0 Å². The fourth-order valence-electron chi connectivity index (χ4n) is 6.89. The number of hydrogen-bond acceptors (Lipinski definition) is 7. The van der Waals surface area contributed by atoms with Gasteiger partial charge >= 0.3 is 0 Å². The van der Waals surface area contributed by atoms with Gasteiger partial charge in [-0.1, -0.05) is 5.92 Å². The third-order valence-corrected chi connectivity index (χ3v) is 9.10. The number of phenols is 1. The Morgan fingerprint density at radius 3 is 2.62 bits per heavy atom. The number of piperazine rings is 1. The fraction of sp³-hybridized carbons (Fsp3) is 0.516. The summed E-state index contributed by atoms with van der Waals surface area (Å²) in [6, 6.07) is 2.85. The highest BCUT2D eigenvalue weighted by molar-refractivity contribution is 5.92. The van der Waals surface area contributed by atoms with Crippen molar-refractivity contribution in [3.05, 3.63) is 41.4 Å². The van der Waals surface area contributed by atoms with E-state index < -0.39 is 11.6 Å². The zero-order valence-electron chi connectivity index (χ0n) is 23.0. The molecule has 3 aromatic rings. The summed E-state index contributed by atoms with van der Waals surface area (Å²) in [7, 11) is 0. The van der Waals surface area contributed by atoms with Gasteiger partial charge in [0.25, 0.3) is 0 Å². The third kappa shape index (κ3) is 4.29. The van der Waals surface area contributed by atoms with Crippen LogP contribution in [0.15, 0.2) is 18.3 Å². The molecule has 0 spiro atoms. The third-order valence-electron chi connectivity index (χ3n) is 9.10. The Hall–Kier alpha value is -3.35. The maximum absolute atomic E-state index is 16.5. The van der Waals surface area contributed by atoms with E-state index in [-0.39, 0.29) is 51.9 Å². The average molecular weight is 545 g/mol. The molecule has 2 atom stereocenters. The normalized spacial score (nSPS) is 24.2. The molecule has 3 aliphatic heterocycles. The molecule has 7 rings (SSSR count). The number of phenolic OH excluding ortho intramolecular Hbond substituents is 1. The molecule has 2 N–H and O–H groups in total. The van der Waals surface area contributed by atoms with Gasteiger partial charge in [0, 0.05) is 48.6 Å².